The summed E-state index contributed by atoms with van der Waals surface area (Å²) in [6, 6.07) is 4.03. The fraction of sp³-hybridized carbons (Fsp3) is 0.375. The number of rotatable bonds is 11. The number of nitrogens with zero attached hydrogens (tertiary/aromatic N) is 7. The van der Waals surface area contributed by atoms with E-state index in [1.807, 2.05) is 0 Å². The molecule has 1 amide bonds. The number of sulfonamides is 1. The Morgan fingerprint density at radius 1 is 1.05 bits per heavy atom. The molecule has 0 radical (unpaired) electrons. The lowest BCUT2D eigenvalue weighted by atomic mass is 10.1. The van der Waals surface area contributed by atoms with Crippen LogP contribution in [0.5, 0.6) is 0 Å². The molecule has 1 aromatic carbocycles. The Bertz CT molecular complexity index is 1330. The summed E-state index contributed by atoms with van der Waals surface area (Å²) in [5.74, 6) is -0.868. The first-order valence-corrected chi connectivity index (χ1v) is 13.6. The van der Waals surface area contributed by atoms with Crippen molar-refractivity contribution < 1.29 is 27.2 Å². The minimum atomic E-state index is -3.79. The first-order chi connectivity index (χ1) is 18.3. The van der Waals surface area contributed by atoms with Gasteiger partial charge in [0.1, 0.15) is 17.5 Å². The molecule has 0 unspecified atom stereocenters. The number of aromatic nitrogens is 4. The smallest absolute Gasteiger partial charge is 0.233 e. The zero-order valence-corrected chi connectivity index (χ0v) is 21.2. The maximum atomic E-state index is 14.0. The molecule has 1 saturated heterocycles. The van der Waals surface area contributed by atoms with Crippen molar-refractivity contribution in [2.24, 2.45) is 0 Å². The summed E-state index contributed by atoms with van der Waals surface area (Å²) < 4.78 is 54.7. The van der Waals surface area contributed by atoms with Crippen LogP contribution < -0.4 is 4.90 Å². The Balaban J connectivity index is 1.33. The van der Waals surface area contributed by atoms with Gasteiger partial charge < -0.3 is 4.90 Å². The lowest BCUT2D eigenvalue weighted by molar-refractivity contribution is -0.158. The molecule has 3 aromatic rings. The summed E-state index contributed by atoms with van der Waals surface area (Å²) in [5.41, 5.74) is 0.564. The standard InChI is InChI=1S/C24H27F2N7O4S/c25-19-5-6-21(22(26)13-19)18-14-29-24(30-15-18)31-9-11-32(12-10-31)38(36,37)16-20(33(35)17-34)3-1-4-23-27-7-2-8-28-23/h2,5-8,13-15,17,20,35H,1,3-4,9-12,16H2/t20-/m0/s1. The molecular formula is C24H27F2N7O4S. The van der Waals surface area contributed by atoms with Crippen molar-refractivity contribution in [3.05, 3.63) is 66.5 Å². The molecule has 0 spiro atoms. The normalized spacial score (nSPS) is 15.3. The van der Waals surface area contributed by atoms with Crippen molar-refractivity contribution in [3.63, 3.8) is 0 Å². The maximum absolute atomic E-state index is 14.0. The van der Waals surface area contributed by atoms with E-state index < -0.39 is 33.5 Å². The zero-order chi connectivity index (χ0) is 27.1. The number of hydrogen-bond acceptors (Lipinski definition) is 9. The Hall–Kier alpha value is -3.62. The molecule has 4 rings (SSSR count). The van der Waals surface area contributed by atoms with Crippen LogP contribution in [0.1, 0.15) is 18.7 Å². The summed E-state index contributed by atoms with van der Waals surface area (Å²) in [6.45, 7) is 0.959. The van der Waals surface area contributed by atoms with E-state index in [0.717, 1.165) is 12.1 Å². The number of anilines is 1. The molecular weight excluding hydrogens is 520 g/mol. The van der Waals surface area contributed by atoms with Gasteiger partial charge in [0.25, 0.3) is 0 Å². The van der Waals surface area contributed by atoms with Crippen molar-refractivity contribution in [3.8, 4) is 11.1 Å². The van der Waals surface area contributed by atoms with E-state index in [0.29, 0.717) is 48.3 Å². The van der Waals surface area contributed by atoms with E-state index >= 15 is 0 Å². The van der Waals surface area contributed by atoms with Crippen molar-refractivity contribution in [1.82, 2.24) is 29.3 Å². The van der Waals surface area contributed by atoms with Gasteiger partial charge in [-0.15, -0.1) is 0 Å². The predicted octanol–water partition coefficient (Wildman–Crippen LogP) is 1.90. The zero-order valence-electron chi connectivity index (χ0n) is 20.4. The van der Waals surface area contributed by atoms with Crippen molar-refractivity contribution in [1.29, 1.82) is 0 Å². The summed E-state index contributed by atoms with van der Waals surface area (Å²) in [6.07, 6.45) is 7.51. The largest absolute Gasteiger partial charge is 0.338 e. The SMILES string of the molecule is O=CN(O)[C@@H](CCCc1ncccn1)CS(=O)(=O)N1CCN(c2ncc(-c3ccc(F)cc3F)cn2)CC1. The van der Waals surface area contributed by atoms with Gasteiger partial charge in [0, 0.05) is 74.6 Å². The molecule has 0 aliphatic carbocycles. The van der Waals surface area contributed by atoms with Crippen molar-refractivity contribution in [2.75, 3.05) is 36.8 Å². The number of piperazine rings is 1. The fourth-order valence-corrected chi connectivity index (χ4v) is 5.93. The highest BCUT2D eigenvalue weighted by Crippen LogP contribution is 2.24. The van der Waals surface area contributed by atoms with Gasteiger partial charge in [-0.2, -0.15) is 4.31 Å². The summed E-state index contributed by atoms with van der Waals surface area (Å²) in [5, 5.41) is 10.4. The average Bonchev–Trinajstić information content (AvgIpc) is 2.93. The Labute approximate surface area is 218 Å². The average molecular weight is 548 g/mol. The van der Waals surface area contributed by atoms with Gasteiger partial charge in [0.05, 0.1) is 11.8 Å². The molecule has 0 saturated carbocycles. The van der Waals surface area contributed by atoms with Gasteiger partial charge in [-0.05, 0) is 31.0 Å². The van der Waals surface area contributed by atoms with E-state index in [2.05, 4.69) is 19.9 Å². The molecule has 38 heavy (non-hydrogen) atoms. The van der Waals surface area contributed by atoms with Crippen LogP contribution >= 0.6 is 0 Å². The highest BCUT2D eigenvalue weighted by Gasteiger charge is 2.32. The van der Waals surface area contributed by atoms with Crippen molar-refractivity contribution >= 4 is 22.4 Å². The predicted molar refractivity (Wildman–Crippen MR) is 133 cm³/mol. The van der Waals surface area contributed by atoms with Gasteiger partial charge in [-0.1, -0.05) is 0 Å². The number of amides is 1. The molecule has 1 aliphatic rings. The van der Waals surface area contributed by atoms with E-state index in [9.17, 15) is 27.2 Å². The third-order valence-electron chi connectivity index (χ3n) is 6.24. The first-order valence-electron chi connectivity index (χ1n) is 12.0. The van der Waals surface area contributed by atoms with Gasteiger partial charge in [-0.25, -0.2) is 42.2 Å². The third kappa shape index (κ3) is 6.82. The van der Waals surface area contributed by atoms with Crippen LogP contribution in [0.4, 0.5) is 14.7 Å². The number of hydrogen-bond donors (Lipinski definition) is 1. The first kappa shape index (κ1) is 27.4. The van der Waals surface area contributed by atoms with Crippen LogP contribution in [0.2, 0.25) is 0 Å². The molecule has 1 aliphatic heterocycles. The van der Waals surface area contributed by atoms with E-state index in [1.165, 1.54) is 22.8 Å². The summed E-state index contributed by atoms with van der Waals surface area (Å²) >= 11 is 0. The number of benzene rings is 1. The molecule has 3 heterocycles. The number of halogens is 2. The lowest BCUT2D eigenvalue weighted by Crippen LogP contribution is -2.51. The monoisotopic (exact) mass is 547 g/mol. The number of carbonyl (C=O) groups excluding carboxylic acids is 1. The minimum Gasteiger partial charge on any atom is -0.338 e. The maximum Gasteiger partial charge on any atom is 0.233 e. The van der Waals surface area contributed by atoms with Crippen LogP contribution in [0.25, 0.3) is 11.1 Å². The van der Waals surface area contributed by atoms with Crippen LogP contribution in [-0.4, -0.2) is 87.3 Å². The Kier molecular flexibility index (Phi) is 8.86. The molecule has 1 N–H and O–H groups in total. The van der Waals surface area contributed by atoms with Gasteiger partial charge >= 0.3 is 0 Å². The summed E-state index contributed by atoms with van der Waals surface area (Å²) in [4.78, 5) is 29.8. The molecule has 11 nitrogen and oxygen atoms in total. The molecule has 1 atom stereocenters. The van der Waals surface area contributed by atoms with Gasteiger partial charge in [-0.3, -0.25) is 10.0 Å². The highest BCUT2D eigenvalue weighted by molar-refractivity contribution is 7.89. The second-order valence-corrected chi connectivity index (χ2v) is 10.8. The second kappa shape index (κ2) is 12.3. The molecule has 1 fully saturated rings. The topological polar surface area (TPSA) is 133 Å². The number of aryl methyl sites for hydroxylation is 1. The lowest BCUT2D eigenvalue weighted by Gasteiger charge is -2.35. The molecule has 2 aromatic heterocycles. The number of carbonyl (C=O) groups is 1. The van der Waals surface area contributed by atoms with Gasteiger partial charge in [0.15, 0.2) is 0 Å². The number of hydroxylamine groups is 2. The minimum absolute atomic E-state index is 0.164. The van der Waals surface area contributed by atoms with Crippen molar-refractivity contribution in [2.45, 2.75) is 25.3 Å². The van der Waals surface area contributed by atoms with Crippen LogP contribution in [0, 0.1) is 11.6 Å². The molecule has 202 valence electrons. The molecule has 14 heteroatoms. The van der Waals surface area contributed by atoms with E-state index in [-0.39, 0.29) is 31.5 Å². The summed E-state index contributed by atoms with van der Waals surface area (Å²) in [7, 11) is -3.79. The Morgan fingerprint density at radius 3 is 2.37 bits per heavy atom. The van der Waals surface area contributed by atoms with Crippen LogP contribution in [0.3, 0.4) is 0 Å². The molecule has 0 bridgehead atoms. The van der Waals surface area contributed by atoms with E-state index in [4.69, 9.17) is 0 Å². The van der Waals surface area contributed by atoms with Crippen LogP contribution in [0.15, 0.2) is 49.1 Å². The fourth-order valence-electron chi connectivity index (χ4n) is 4.19. The van der Waals surface area contributed by atoms with Gasteiger partial charge in [0.2, 0.25) is 22.4 Å². The second-order valence-electron chi connectivity index (χ2n) is 8.76. The quantitative estimate of drug-likeness (QED) is 0.217. The highest BCUT2D eigenvalue weighted by atomic mass is 32.2. The van der Waals surface area contributed by atoms with Crippen LogP contribution in [-0.2, 0) is 21.2 Å². The third-order valence-corrected chi connectivity index (χ3v) is 8.20. The Morgan fingerprint density at radius 2 is 1.74 bits per heavy atom. The van der Waals surface area contributed by atoms with E-state index in [1.54, 1.807) is 23.4 Å².